The van der Waals surface area contributed by atoms with Crippen molar-refractivity contribution in [3.05, 3.63) is 70.6 Å². The second-order valence-corrected chi connectivity index (χ2v) is 7.51. The van der Waals surface area contributed by atoms with Crippen molar-refractivity contribution in [1.29, 1.82) is 0 Å². The van der Waals surface area contributed by atoms with E-state index in [2.05, 4.69) is 0 Å². The van der Waals surface area contributed by atoms with E-state index in [4.69, 9.17) is 17.0 Å². The molecule has 3 rings (SSSR count). The Bertz CT molecular complexity index is 911. The predicted molar refractivity (Wildman–Crippen MR) is 110 cm³/mol. The molecule has 1 saturated heterocycles. The molecule has 1 amide bonds. The monoisotopic (exact) mass is 399 g/mol. The fourth-order valence-electron chi connectivity index (χ4n) is 2.80. The molecule has 1 aliphatic rings. The number of amides is 1. The quantitative estimate of drug-likeness (QED) is 0.591. The maximum absolute atomic E-state index is 12.9. The minimum Gasteiger partial charge on any atom is -0.496 e. The van der Waals surface area contributed by atoms with Crippen LogP contribution in [-0.4, -0.2) is 39.4 Å². The number of methoxy groups -OCH3 is 1. The molecule has 1 fully saturated rings. The van der Waals surface area contributed by atoms with E-state index in [1.807, 2.05) is 48.5 Å². The molecule has 1 aliphatic heterocycles. The maximum Gasteiger partial charge on any atom is 0.327 e. The first-order valence-electron chi connectivity index (χ1n) is 8.18. The Morgan fingerprint density at radius 3 is 2.56 bits per heavy atom. The first-order valence-corrected chi connectivity index (χ1v) is 9.40. The lowest BCUT2D eigenvalue weighted by Gasteiger charge is -2.23. The fourth-order valence-corrected chi connectivity index (χ4v) is 4.15. The van der Waals surface area contributed by atoms with Crippen LogP contribution in [0.2, 0.25) is 0 Å². The van der Waals surface area contributed by atoms with Crippen LogP contribution >= 0.6 is 24.0 Å². The van der Waals surface area contributed by atoms with E-state index in [1.54, 1.807) is 19.3 Å². The van der Waals surface area contributed by atoms with Crippen LogP contribution in [0.4, 0.5) is 0 Å². The number of aliphatic carboxylic acids is 1. The molecule has 1 atom stereocenters. The van der Waals surface area contributed by atoms with E-state index >= 15 is 0 Å². The number of ether oxygens (including phenoxy) is 1. The van der Waals surface area contributed by atoms with Crippen LogP contribution in [0.5, 0.6) is 5.75 Å². The SMILES string of the molecule is COc1ccccc1/C=C1/SC(=S)N([C@H](Cc2ccccc2)C(=O)O)C1=O. The smallest absolute Gasteiger partial charge is 0.327 e. The molecule has 2 aromatic carbocycles. The average Bonchev–Trinajstić information content (AvgIpc) is 2.94. The molecule has 27 heavy (non-hydrogen) atoms. The van der Waals surface area contributed by atoms with E-state index < -0.39 is 17.9 Å². The Balaban J connectivity index is 1.90. The maximum atomic E-state index is 12.9. The largest absolute Gasteiger partial charge is 0.496 e. The molecule has 0 aliphatic carbocycles. The van der Waals surface area contributed by atoms with Gasteiger partial charge in [0.15, 0.2) is 0 Å². The topological polar surface area (TPSA) is 66.8 Å². The Labute approximate surface area is 166 Å². The second-order valence-electron chi connectivity index (χ2n) is 5.84. The van der Waals surface area contributed by atoms with Crippen molar-refractivity contribution >= 4 is 46.3 Å². The number of para-hydroxylation sites is 1. The molecule has 1 heterocycles. The van der Waals surface area contributed by atoms with Gasteiger partial charge in [-0.25, -0.2) is 4.79 Å². The van der Waals surface area contributed by atoms with Crippen molar-refractivity contribution in [1.82, 2.24) is 4.90 Å². The van der Waals surface area contributed by atoms with E-state index in [0.29, 0.717) is 10.7 Å². The highest BCUT2D eigenvalue weighted by atomic mass is 32.2. The van der Waals surface area contributed by atoms with Gasteiger partial charge < -0.3 is 9.84 Å². The van der Waals surface area contributed by atoms with Crippen molar-refractivity contribution in [2.45, 2.75) is 12.5 Å². The van der Waals surface area contributed by atoms with Crippen LogP contribution in [0.1, 0.15) is 11.1 Å². The summed E-state index contributed by atoms with van der Waals surface area (Å²) in [5.74, 6) is -0.866. The van der Waals surface area contributed by atoms with Crippen LogP contribution in [0.3, 0.4) is 0 Å². The Kier molecular flexibility index (Phi) is 5.93. The standard InChI is InChI=1S/C20H17NO4S2/c1-25-16-10-6-5-9-14(16)12-17-18(22)21(20(26)27-17)15(19(23)24)11-13-7-3-2-4-8-13/h2-10,12,15H,11H2,1H3,(H,23,24)/b17-12+/t15-/m1/s1. The van der Waals surface area contributed by atoms with Crippen molar-refractivity contribution in [2.75, 3.05) is 7.11 Å². The number of carboxylic acids is 1. The number of carbonyl (C=O) groups is 2. The number of carboxylic acid groups (broad SMARTS) is 1. The first kappa shape index (κ1) is 19.1. The number of rotatable bonds is 6. The minimum absolute atomic E-state index is 0.185. The zero-order valence-electron chi connectivity index (χ0n) is 14.5. The zero-order chi connectivity index (χ0) is 19.4. The van der Waals surface area contributed by atoms with Gasteiger partial charge in [0.2, 0.25) is 0 Å². The van der Waals surface area contributed by atoms with Gasteiger partial charge in [-0.05, 0) is 17.7 Å². The van der Waals surface area contributed by atoms with Crippen molar-refractivity contribution in [2.24, 2.45) is 0 Å². The van der Waals surface area contributed by atoms with Crippen molar-refractivity contribution in [3.8, 4) is 5.75 Å². The summed E-state index contributed by atoms with van der Waals surface area (Å²) in [5, 5.41) is 9.69. The van der Waals surface area contributed by atoms with Crippen LogP contribution in [0.15, 0.2) is 59.5 Å². The number of hydrogen-bond donors (Lipinski definition) is 1. The number of thiocarbonyl (C=S) groups is 1. The molecule has 0 unspecified atom stereocenters. The van der Waals surface area contributed by atoms with E-state index in [1.165, 1.54) is 4.90 Å². The third kappa shape index (κ3) is 4.20. The number of nitrogens with zero attached hydrogens (tertiary/aromatic N) is 1. The Morgan fingerprint density at radius 2 is 1.89 bits per heavy atom. The first-order chi connectivity index (χ1) is 13.0. The molecule has 7 heteroatoms. The molecule has 0 aromatic heterocycles. The van der Waals surface area contributed by atoms with Gasteiger partial charge in [-0.15, -0.1) is 0 Å². The van der Waals surface area contributed by atoms with Crippen LogP contribution in [0.25, 0.3) is 6.08 Å². The third-order valence-corrected chi connectivity index (χ3v) is 5.45. The van der Waals surface area contributed by atoms with Gasteiger partial charge in [0.25, 0.3) is 5.91 Å². The fraction of sp³-hybridized carbons (Fsp3) is 0.150. The molecule has 138 valence electrons. The third-order valence-electron chi connectivity index (χ3n) is 4.12. The minimum atomic E-state index is -1.09. The number of benzene rings is 2. The Hall–Kier alpha value is -2.64. The lowest BCUT2D eigenvalue weighted by molar-refractivity contribution is -0.145. The van der Waals surface area contributed by atoms with Crippen LogP contribution in [0, 0.1) is 0 Å². The summed E-state index contributed by atoms with van der Waals surface area (Å²) >= 11 is 6.42. The van der Waals surface area contributed by atoms with Crippen LogP contribution < -0.4 is 4.74 Å². The molecule has 0 radical (unpaired) electrons. The van der Waals surface area contributed by atoms with Gasteiger partial charge in [-0.1, -0.05) is 72.5 Å². The highest BCUT2D eigenvalue weighted by Gasteiger charge is 2.40. The van der Waals surface area contributed by atoms with Crippen LogP contribution in [-0.2, 0) is 16.0 Å². The summed E-state index contributed by atoms with van der Waals surface area (Å²) in [6, 6.07) is 15.4. The molecule has 0 spiro atoms. The summed E-state index contributed by atoms with van der Waals surface area (Å²) in [6.45, 7) is 0. The van der Waals surface area contributed by atoms with E-state index in [9.17, 15) is 14.7 Å². The summed E-state index contributed by atoms with van der Waals surface area (Å²) in [4.78, 5) is 26.3. The normalized spacial score (nSPS) is 16.6. The average molecular weight is 399 g/mol. The second kappa shape index (κ2) is 8.37. The summed E-state index contributed by atoms with van der Waals surface area (Å²) < 4.78 is 5.54. The van der Waals surface area contributed by atoms with Gasteiger partial charge >= 0.3 is 5.97 Å². The molecular weight excluding hydrogens is 382 g/mol. The predicted octanol–water partition coefficient (Wildman–Crippen LogP) is 3.59. The van der Waals surface area contributed by atoms with E-state index in [0.717, 1.165) is 22.9 Å². The van der Waals surface area contributed by atoms with Crippen molar-refractivity contribution < 1.29 is 19.4 Å². The van der Waals surface area contributed by atoms with E-state index in [-0.39, 0.29) is 10.7 Å². The highest BCUT2D eigenvalue weighted by molar-refractivity contribution is 8.26. The summed E-state index contributed by atoms with van der Waals surface area (Å²) in [6.07, 6.45) is 1.87. The molecule has 2 aromatic rings. The highest BCUT2D eigenvalue weighted by Crippen LogP contribution is 2.36. The Morgan fingerprint density at radius 1 is 1.22 bits per heavy atom. The van der Waals surface area contributed by atoms with Crippen molar-refractivity contribution in [3.63, 3.8) is 0 Å². The molecule has 0 saturated carbocycles. The zero-order valence-corrected chi connectivity index (χ0v) is 16.1. The molecule has 5 nitrogen and oxygen atoms in total. The van der Waals surface area contributed by atoms with Gasteiger partial charge in [-0.3, -0.25) is 9.69 Å². The number of hydrogen-bond acceptors (Lipinski definition) is 5. The molecular formula is C20H17NO4S2. The summed E-state index contributed by atoms with van der Waals surface area (Å²) in [5.41, 5.74) is 1.56. The molecule has 0 bridgehead atoms. The lowest BCUT2D eigenvalue weighted by atomic mass is 10.0. The molecule has 1 N–H and O–H groups in total. The lowest BCUT2D eigenvalue weighted by Crippen LogP contribution is -2.45. The summed E-state index contributed by atoms with van der Waals surface area (Å²) in [7, 11) is 1.55. The van der Waals surface area contributed by atoms with Gasteiger partial charge in [0.05, 0.1) is 12.0 Å². The van der Waals surface area contributed by atoms with Gasteiger partial charge in [0, 0.05) is 12.0 Å². The van der Waals surface area contributed by atoms with Gasteiger partial charge in [0.1, 0.15) is 16.1 Å². The number of carbonyl (C=O) groups excluding carboxylic acids is 1. The van der Waals surface area contributed by atoms with Gasteiger partial charge in [-0.2, -0.15) is 0 Å². The number of thioether (sulfide) groups is 1.